The number of hydrogen-bond donors (Lipinski definition) is 0. The van der Waals surface area contributed by atoms with Gasteiger partial charge in [0.05, 0.1) is 5.69 Å². The number of benzene rings is 2. The van der Waals surface area contributed by atoms with Gasteiger partial charge in [-0.2, -0.15) is 5.12 Å². The van der Waals surface area contributed by atoms with Crippen molar-refractivity contribution in [3.05, 3.63) is 60.4 Å². The van der Waals surface area contributed by atoms with E-state index in [1.165, 1.54) is 18.2 Å². The third kappa shape index (κ3) is 1.96. The van der Waals surface area contributed by atoms with Crippen LogP contribution in [0.4, 0.5) is 20.2 Å². The first-order valence-electron chi connectivity index (χ1n) is 4.54. The van der Waals surface area contributed by atoms with Crippen molar-refractivity contribution in [1.82, 2.24) is 0 Å². The summed E-state index contributed by atoms with van der Waals surface area (Å²) in [6.07, 6.45) is 0. The largest absolute Gasteiger partial charge is 0.205 e. The Labute approximate surface area is 86.5 Å². The first kappa shape index (κ1) is 9.65. The highest BCUT2D eigenvalue weighted by molar-refractivity contribution is 5.60. The lowest BCUT2D eigenvalue weighted by Crippen LogP contribution is -2.05. The molecule has 0 saturated carbocycles. The molecule has 0 radical (unpaired) electrons. The first-order chi connectivity index (χ1) is 7.29. The topological polar surface area (TPSA) is 3.24 Å². The van der Waals surface area contributed by atoms with Gasteiger partial charge in [-0.25, -0.2) is 4.39 Å². The van der Waals surface area contributed by atoms with Gasteiger partial charge in [0.15, 0.2) is 0 Å². The molecule has 0 N–H and O–H groups in total. The number of para-hydroxylation sites is 2. The van der Waals surface area contributed by atoms with Crippen LogP contribution in [0.5, 0.6) is 0 Å². The number of hydrogen-bond acceptors (Lipinski definition) is 1. The second-order valence-corrected chi connectivity index (χ2v) is 3.07. The van der Waals surface area contributed by atoms with Crippen LogP contribution in [0.3, 0.4) is 0 Å². The van der Waals surface area contributed by atoms with Crippen LogP contribution in [0.1, 0.15) is 0 Å². The molecule has 15 heavy (non-hydrogen) atoms. The Hall–Kier alpha value is -1.90. The maximum atomic E-state index is 13.7. The van der Waals surface area contributed by atoms with Gasteiger partial charge in [-0.1, -0.05) is 34.8 Å². The normalized spacial score (nSPS) is 10.0. The molecule has 1 nitrogen and oxygen atoms in total. The van der Waals surface area contributed by atoms with E-state index < -0.39 is 5.82 Å². The van der Waals surface area contributed by atoms with Gasteiger partial charge >= 0.3 is 0 Å². The number of nitrogens with zero attached hydrogens (tertiary/aromatic N) is 1. The first-order valence-corrected chi connectivity index (χ1v) is 4.54. The van der Waals surface area contributed by atoms with E-state index in [-0.39, 0.29) is 5.69 Å². The highest BCUT2D eigenvalue weighted by Crippen LogP contribution is 2.27. The monoisotopic (exact) mass is 205 g/mol. The van der Waals surface area contributed by atoms with Crippen molar-refractivity contribution in [2.24, 2.45) is 0 Å². The molecule has 2 aromatic rings. The van der Waals surface area contributed by atoms with Gasteiger partial charge in [-0.05, 0) is 24.3 Å². The van der Waals surface area contributed by atoms with Gasteiger partial charge in [0.1, 0.15) is 11.5 Å². The maximum Gasteiger partial charge on any atom is 0.149 e. The third-order valence-electron chi connectivity index (χ3n) is 2.05. The van der Waals surface area contributed by atoms with E-state index in [2.05, 4.69) is 0 Å². The molecule has 0 fully saturated rings. The van der Waals surface area contributed by atoms with Crippen LogP contribution in [0, 0.1) is 5.82 Å². The van der Waals surface area contributed by atoms with Crippen LogP contribution in [0.25, 0.3) is 0 Å². The molecule has 0 aliphatic carbocycles. The Kier molecular flexibility index (Phi) is 2.63. The Morgan fingerprint density at radius 3 is 2.07 bits per heavy atom. The molecule has 0 saturated heterocycles. The molecule has 0 heterocycles. The van der Waals surface area contributed by atoms with Crippen LogP contribution < -0.4 is 5.12 Å². The molecule has 0 bridgehead atoms. The number of anilines is 2. The van der Waals surface area contributed by atoms with Crippen LogP contribution in [-0.4, -0.2) is 0 Å². The smallest absolute Gasteiger partial charge is 0.149 e. The number of rotatable bonds is 2. The second-order valence-electron chi connectivity index (χ2n) is 3.07. The predicted molar refractivity (Wildman–Crippen MR) is 56.1 cm³/mol. The fraction of sp³-hybridized carbons (Fsp3) is 0. The van der Waals surface area contributed by atoms with Crippen molar-refractivity contribution < 1.29 is 8.87 Å². The van der Waals surface area contributed by atoms with Crippen molar-refractivity contribution in [2.75, 3.05) is 5.12 Å². The van der Waals surface area contributed by atoms with Crippen LogP contribution in [0.2, 0.25) is 0 Å². The predicted octanol–water partition coefficient (Wildman–Crippen LogP) is 3.85. The lowest BCUT2D eigenvalue weighted by Gasteiger charge is -2.13. The molecule has 3 heteroatoms. The minimum Gasteiger partial charge on any atom is -0.205 e. The van der Waals surface area contributed by atoms with Crippen molar-refractivity contribution in [1.29, 1.82) is 0 Å². The van der Waals surface area contributed by atoms with Crippen molar-refractivity contribution >= 4 is 11.4 Å². The molecule has 0 aliphatic heterocycles. The summed E-state index contributed by atoms with van der Waals surface area (Å²) >= 11 is 0. The second kappa shape index (κ2) is 4.09. The van der Waals surface area contributed by atoms with E-state index in [0.29, 0.717) is 10.8 Å². The molecule has 0 aliphatic rings. The molecular formula is C12H9F2N. The summed E-state index contributed by atoms with van der Waals surface area (Å²) in [7, 11) is 0. The van der Waals surface area contributed by atoms with E-state index in [1.54, 1.807) is 36.4 Å². The summed E-state index contributed by atoms with van der Waals surface area (Å²) in [5.41, 5.74) is 0.228. The summed E-state index contributed by atoms with van der Waals surface area (Å²) in [5, 5.41) is 0.329. The average molecular weight is 205 g/mol. The standard InChI is InChI=1S/C12H9F2N/c13-11-8-4-5-9-12(11)15(14)10-6-2-1-3-7-10/h1-9H. The molecule has 0 spiro atoms. The molecule has 0 aromatic heterocycles. The van der Waals surface area contributed by atoms with E-state index in [9.17, 15) is 8.87 Å². The zero-order chi connectivity index (χ0) is 10.7. The molecule has 0 amide bonds. The van der Waals surface area contributed by atoms with E-state index in [1.807, 2.05) is 0 Å². The highest BCUT2D eigenvalue weighted by Gasteiger charge is 2.11. The summed E-state index contributed by atoms with van der Waals surface area (Å²) in [6, 6.07) is 14.1. The molecule has 0 unspecified atom stereocenters. The molecule has 2 aromatic carbocycles. The number of halogens is 2. The third-order valence-corrected chi connectivity index (χ3v) is 2.05. The molecule has 76 valence electrons. The Morgan fingerprint density at radius 2 is 1.40 bits per heavy atom. The van der Waals surface area contributed by atoms with Crippen molar-refractivity contribution in [3.63, 3.8) is 0 Å². The molecule has 2 rings (SSSR count). The maximum absolute atomic E-state index is 13.7. The Bertz CT molecular complexity index is 442. The highest BCUT2D eigenvalue weighted by atomic mass is 19.2. The fourth-order valence-electron chi connectivity index (χ4n) is 1.31. The SMILES string of the molecule is Fc1ccccc1N(F)c1ccccc1. The van der Waals surface area contributed by atoms with Gasteiger partial charge in [0.25, 0.3) is 0 Å². The van der Waals surface area contributed by atoms with Gasteiger partial charge in [0, 0.05) is 0 Å². The van der Waals surface area contributed by atoms with Crippen LogP contribution >= 0.6 is 0 Å². The summed E-state index contributed by atoms with van der Waals surface area (Å²) in [6.45, 7) is 0. The lowest BCUT2D eigenvalue weighted by atomic mass is 10.2. The fourth-order valence-corrected chi connectivity index (χ4v) is 1.31. The summed E-state index contributed by atoms with van der Waals surface area (Å²) < 4.78 is 27.0. The zero-order valence-electron chi connectivity index (χ0n) is 7.90. The van der Waals surface area contributed by atoms with Crippen molar-refractivity contribution in [3.8, 4) is 0 Å². The summed E-state index contributed by atoms with van der Waals surface area (Å²) in [5.74, 6) is -0.580. The van der Waals surface area contributed by atoms with Gasteiger partial charge in [-0.3, -0.25) is 0 Å². The lowest BCUT2D eigenvalue weighted by molar-refractivity contribution is 0.489. The quantitative estimate of drug-likeness (QED) is 0.673. The van der Waals surface area contributed by atoms with E-state index in [0.717, 1.165) is 0 Å². The van der Waals surface area contributed by atoms with Gasteiger partial charge in [0.2, 0.25) is 0 Å². The molecule has 0 atom stereocenters. The van der Waals surface area contributed by atoms with Crippen molar-refractivity contribution in [2.45, 2.75) is 0 Å². The van der Waals surface area contributed by atoms with E-state index >= 15 is 0 Å². The minimum absolute atomic E-state index is 0.0799. The van der Waals surface area contributed by atoms with Crippen LogP contribution in [-0.2, 0) is 0 Å². The van der Waals surface area contributed by atoms with Crippen LogP contribution in [0.15, 0.2) is 54.6 Å². The summed E-state index contributed by atoms with van der Waals surface area (Å²) in [4.78, 5) is 0. The Balaban J connectivity index is 2.37. The Morgan fingerprint density at radius 1 is 0.800 bits per heavy atom. The van der Waals surface area contributed by atoms with E-state index in [4.69, 9.17) is 0 Å². The zero-order valence-corrected chi connectivity index (χ0v) is 7.90. The van der Waals surface area contributed by atoms with Gasteiger partial charge < -0.3 is 0 Å². The van der Waals surface area contributed by atoms with Gasteiger partial charge in [-0.15, -0.1) is 0 Å². The molecular weight excluding hydrogens is 196 g/mol. The average Bonchev–Trinajstić information content (AvgIpc) is 2.30. The minimum atomic E-state index is -0.580.